The van der Waals surface area contributed by atoms with Gasteiger partial charge < -0.3 is 0 Å². The van der Waals surface area contributed by atoms with Crippen LogP contribution in [0, 0.1) is 6.92 Å². The third-order valence-corrected chi connectivity index (χ3v) is 4.78. The number of hydrogen-bond acceptors (Lipinski definition) is 5. The van der Waals surface area contributed by atoms with Crippen LogP contribution < -0.4 is 5.32 Å². The first-order valence-corrected chi connectivity index (χ1v) is 7.89. The molecule has 114 valence electrons. The molecule has 0 atom stereocenters. The maximum atomic E-state index is 12.9. The zero-order valence-electron chi connectivity index (χ0n) is 11.3. The lowest BCUT2D eigenvalue weighted by Gasteiger charge is -2.04. The first-order chi connectivity index (χ1) is 10.6. The highest BCUT2D eigenvalue weighted by Crippen LogP contribution is 2.33. The van der Waals surface area contributed by atoms with Gasteiger partial charge in [0.05, 0.1) is 15.4 Å². The lowest BCUT2D eigenvalue weighted by Crippen LogP contribution is -2.09. The predicted molar refractivity (Wildman–Crippen MR) is 81.6 cm³/mol. The molecule has 5 nitrogen and oxygen atoms in total. The Bertz CT molecular complexity index is 795. The first-order valence-electron chi connectivity index (χ1n) is 6.20. The van der Waals surface area contributed by atoms with E-state index in [4.69, 9.17) is 0 Å². The van der Waals surface area contributed by atoms with Crippen LogP contribution in [0.4, 0.5) is 13.9 Å². The van der Waals surface area contributed by atoms with Gasteiger partial charge in [0.25, 0.3) is 5.91 Å². The van der Waals surface area contributed by atoms with Gasteiger partial charge in [0.15, 0.2) is 11.0 Å². The SMILES string of the molecule is Cc1nc(NC(=O)c2cccs2)sc1-c1nccn1C(F)F. The zero-order chi connectivity index (χ0) is 15.7. The molecule has 0 aromatic carbocycles. The standard InChI is InChI=1S/C13H10F2N4OS2/c1-7-9(10-16-4-5-19(10)12(14)15)22-13(17-7)18-11(20)8-3-2-6-21-8/h2-6,12H,1H3,(H,17,18,20). The summed E-state index contributed by atoms with van der Waals surface area (Å²) in [5.41, 5.74) is 0.541. The van der Waals surface area contributed by atoms with Gasteiger partial charge in [-0.2, -0.15) is 8.78 Å². The van der Waals surface area contributed by atoms with Crippen LogP contribution in [0.1, 0.15) is 21.9 Å². The molecule has 3 heterocycles. The van der Waals surface area contributed by atoms with Gasteiger partial charge in [-0.3, -0.25) is 14.7 Å². The monoisotopic (exact) mass is 340 g/mol. The Morgan fingerprint density at radius 2 is 2.27 bits per heavy atom. The van der Waals surface area contributed by atoms with Crippen molar-refractivity contribution in [3.05, 3.63) is 40.5 Å². The van der Waals surface area contributed by atoms with Crippen molar-refractivity contribution in [2.45, 2.75) is 13.5 Å². The third kappa shape index (κ3) is 2.77. The minimum Gasteiger partial charge on any atom is -0.297 e. The van der Waals surface area contributed by atoms with E-state index in [1.807, 2.05) is 0 Å². The van der Waals surface area contributed by atoms with Crippen molar-refractivity contribution >= 4 is 33.7 Å². The molecule has 9 heteroatoms. The maximum Gasteiger partial charge on any atom is 0.320 e. The predicted octanol–water partition coefficient (Wildman–Crippen LogP) is 4.02. The molecule has 3 aromatic rings. The number of alkyl halides is 2. The summed E-state index contributed by atoms with van der Waals surface area (Å²) in [5.74, 6) is -0.130. The molecule has 0 saturated heterocycles. The van der Waals surface area contributed by atoms with Crippen molar-refractivity contribution in [1.82, 2.24) is 14.5 Å². The van der Waals surface area contributed by atoms with Crippen LogP contribution in [-0.2, 0) is 0 Å². The number of nitrogens with one attached hydrogen (secondary N) is 1. The second-order valence-corrected chi connectivity index (χ2v) is 6.25. The van der Waals surface area contributed by atoms with Crippen LogP contribution in [0.15, 0.2) is 29.9 Å². The fraction of sp³-hybridized carbons (Fsp3) is 0.154. The van der Waals surface area contributed by atoms with Crippen LogP contribution in [0.25, 0.3) is 10.7 Å². The number of thiazole rings is 1. The van der Waals surface area contributed by atoms with Gasteiger partial charge in [-0.15, -0.1) is 11.3 Å². The molecule has 0 radical (unpaired) electrons. The number of hydrogen-bond donors (Lipinski definition) is 1. The molecule has 3 rings (SSSR count). The topological polar surface area (TPSA) is 59.8 Å². The summed E-state index contributed by atoms with van der Waals surface area (Å²) in [7, 11) is 0. The number of aryl methyl sites for hydroxylation is 1. The molecular weight excluding hydrogens is 330 g/mol. The zero-order valence-corrected chi connectivity index (χ0v) is 12.9. The summed E-state index contributed by atoms with van der Waals surface area (Å²) in [6, 6.07) is 3.47. The first kappa shape index (κ1) is 14.8. The fourth-order valence-corrected chi connectivity index (χ4v) is 3.45. The van der Waals surface area contributed by atoms with Crippen molar-refractivity contribution in [3.8, 4) is 10.7 Å². The number of halogens is 2. The number of imidazole rings is 1. The van der Waals surface area contributed by atoms with E-state index in [1.165, 1.54) is 23.7 Å². The number of anilines is 1. The minimum absolute atomic E-state index is 0.140. The molecule has 1 amide bonds. The smallest absolute Gasteiger partial charge is 0.297 e. The summed E-state index contributed by atoms with van der Waals surface area (Å²) in [5, 5.41) is 4.83. The highest BCUT2D eigenvalue weighted by molar-refractivity contribution is 7.19. The van der Waals surface area contributed by atoms with Gasteiger partial charge in [0.1, 0.15) is 0 Å². The maximum absolute atomic E-state index is 12.9. The molecule has 1 N–H and O–H groups in total. The molecule has 0 aliphatic heterocycles. The summed E-state index contributed by atoms with van der Waals surface area (Å²) in [6.07, 6.45) is 2.52. The highest BCUT2D eigenvalue weighted by Gasteiger charge is 2.19. The van der Waals surface area contributed by atoms with E-state index >= 15 is 0 Å². The van der Waals surface area contributed by atoms with Crippen LogP contribution >= 0.6 is 22.7 Å². The van der Waals surface area contributed by atoms with E-state index in [0.29, 0.717) is 20.6 Å². The number of amides is 1. The van der Waals surface area contributed by atoms with E-state index < -0.39 is 6.55 Å². The summed E-state index contributed by atoms with van der Waals surface area (Å²) >= 11 is 2.43. The van der Waals surface area contributed by atoms with Crippen LogP contribution in [0.3, 0.4) is 0 Å². The number of rotatable bonds is 4. The van der Waals surface area contributed by atoms with Crippen molar-refractivity contribution in [2.24, 2.45) is 0 Å². The molecule has 0 aliphatic carbocycles. The Morgan fingerprint density at radius 3 is 2.95 bits per heavy atom. The largest absolute Gasteiger partial charge is 0.320 e. The van der Waals surface area contributed by atoms with Gasteiger partial charge in [-0.1, -0.05) is 17.4 Å². The molecule has 0 saturated carbocycles. The number of aromatic nitrogens is 3. The Morgan fingerprint density at radius 1 is 1.45 bits per heavy atom. The summed E-state index contributed by atoms with van der Waals surface area (Å²) in [4.78, 5) is 21.2. The minimum atomic E-state index is -2.68. The lowest BCUT2D eigenvalue weighted by atomic mass is 10.4. The Labute approximate surface area is 132 Å². The van der Waals surface area contributed by atoms with E-state index in [1.54, 1.807) is 24.4 Å². The second kappa shape index (κ2) is 5.93. The van der Waals surface area contributed by atoms with E-state index in [9.17, 15) is 13.6 Å². The highest BCUT2D eigenvalue weighted by atomic mass is 32.1. The van der Waals surface area contributed by atoms with Gasteiger partial charge in [-0.25, -0.2) is 9.97 Å². The number of carbonyl (C=O) groups is 1. The molecule has 0 unspecified atom stereocenters. The average Bonchev–Trinajstić information content (AvgIpc) is 3.17. The molecular formula is C13H10F2N4OS2. The van der Waals surface area contributed by atoms with Gasteiger partial charge in [-0.05, 0) is 18.4 Å². The number of nitrogens with zero attached hydrogens (tertiary/aromatic N) is 3. The van der Waals surface area contributed by atoms with Crippen LogP contribution in [0.5, 0.6) is 0 Å². The quantitative estimate of drug-likeness (QED) is 0.780. The number of carbonyl (C=O) groups excluding carboxylic acids is 1. The molecule has 3 aromatic heterocycles. The van der Waals surface area contributed by atoms with Crippen molar-refractivity contribution in [2.75, 3.05) is 5.32 Å². The van der Waals surface area contributed by atoms with Gasteiger partial charge >= 0.3 is 6.55 Å². The van der Waals surface area contributed by atoms with Crippen LogP contribution in [-0.4, -0.2) is 20.4 Å². The molecule has 0 spiro atoms. The Kier molecular flexibility index (Phi) is 3.99. The normalized spacial score (nSPS) is 11.1. The lowest BCUT2D eigenvalue weighted by molar-refractivity contribution is 0.0720. The molecule has 0 bridgehead atoms. The van der Waals surface area contributed by atoms with Crippen molar-refractivity contribution in [3.63, 3.8) is 0 Å². The number of thiophene rings is 1. The van der Waals surface area contributed by atoms with E-state index in [-0.39, 0.29) is 11.7 Å². The molecule has 0 fully saturated rings. The van der Waals surface area contributed by atoms with Crippen molar-refractivity contribution in [1.29, 1.82) is 0 Å². The third-order valence-electron chi connectivity index (χ3n) is 2.84. The van der Waals surface area contributed by atoms with Gasteiger partial charge in [0, 0.05) is 12.4 Å². The summed E-state index contributed by atoms with van der Waals surface area (Å²) < 4.78 is 26.6. The Hall–Kier alpha value is -2.13. The Balaban J connectivity index is 1.88. The van der Waals surface area contributed by atoms with Crippen molar-refractivity contribution < 1.29 is 13.6 Å². The van der Waals surface area contributed by atoms with E-state index in [0.717, 1.165) is 15.9 Å². The van der Waals surface area contributed by atoms with Gasteiger partial charge in [0.2, 0.25) is 0 Å². The molecule has 0 aliphatic rings. The molecule has 22 heavy (non-hydrogen) atoms. The average molecular weight is 340 g/mol. The second-order valence-electron chi connectivity index (χ2n) is 4.30. The van der Waals surface area contributed by atoms with Crippen LogP contribution in [0.2, 0.25) is 0 Å². The fourth-order valence-electron chi connectivity index (χ4n) is 1.87. The summed E-state index contributed by atoms with van der Waals surface area (Å²) in [6.45, 7) is -0.986. The van der Waals surface area contributed by atoms with E-state index in [2.05, 4.69) is 15.3 Å².